The van der Waals surface area contributed by atoms with E-state index in [1.54, 1.807) is 77.2 Å². The van der Waals surface area contributed by atoms with Crippen LogP contribution in [-0.4, -0.2) is 90.7 Å². The first kappa shape index (κ1) is 129. The molecule has 145 heavy (non-hydrogen) atoms. The van der Waals surface area contributed by atoms with Crippen molar-refractivity contribution in [1.82, 2.24) is 0 Å². The third kappa shape index (κ3) is 45.6. The molecule has 0 spiro atoms. The van der Waals surface area contributed by atoms with Crippen LogP contribution < -0.4 is 85.4 Å². The molecule has 786 valence electrons. The molecule has 4 heterocycles. The van der Waals surface area contributed by atoms with Gasteiger partial charge < -0.3 is 75.3 Å². The van der Waals surface area contributed by atoms with E-state index in [1.807, 2.05) is 211 Å². The van der Waals surface area contributed by atoms with Gasteiger partial charge in [-0.3, -0.25) is 14.4 Å². The van der Waals surface area contributed by atoms with E-state index < -0.39 is 0 Å². The van der Waals surface area contributed by atoms with Crippen molar-refractivity contribution in [1.29, 1.82) is 0 Å². The molecule has 2 aliphatic heterocycles. The molecule has 2 aromatic heterocycles. The molecule has 0 saturated carbocycles. The summed E-state index contributed by atoms with van der Waals surface area (Å²) in [5.74, 6) is 36.3. The van der Waals surface area contributed by atoms with Crippen LogP contribution in [0, 0.1) is 0 Å². The number of aldehydes is 3. The van der Waals surface area contributed by atoms with Gasteiger partial charge in [-0.25, -0.2) is 0 Å². The van der Waals surface area contributed by atoms with E-state index in [2.05, 4.69) is 83.5 Å². The third-order valence-corrected chi connectivity index (χ3v) is 24.3. The Labute approximate surface area is 895 Å². The van der Waals surface area contributed by atoms with E-state index in [-0.39, 0.29) is 16.4 Å². The van der Waals surface area contributed by atoms with Crippen molar-refractivity contribution in [2.45, 2.75) is 149 Å². The topological polar surface area (TPSA) is 530 Å². The van der Waals surface area contributed by atoms with Crippen molar-refractivity contribution in [2.24, 2.45) is 35.4 Å². The highest BCUT2D eigenvalue weighted by atomic mass is 35.5. The number of anilines is 6. The number of unbranched alkanes of at least 4 members (excludes halogenated alkanes) is 2. The number of para-hydroxylation sites is 4. The summed E-state index contributed by atoms with van der Waals surface area (Å²) in [6.45, 7) is 22.7. The number of thiocarbonyl (C=S) groups is 3. The average Bonchev–Trinajstić information content (AvgIpc) is 1.78. The van der Waals surface area contributed by atoms with Gasteiger partial charge in [-0.05, 0) is 195 Å². The number of furan rings is 2. The molecule has 14 rings (SSSR count). The minimum absolute atomic E-state index is 0. The molecule has 0 amide bonds. The maximum absolute atomic E-state index is 11.3. The van der Waals surface area contributed by atoms with Gasteiger partial charge in [0.15, 0.2) is 29.3 Å². The number of hydrogen-bond acceptors (Lipinski definition) is 42. The summed E-state index contributed by atoms with van der Waals surface area (Å²) in [5.41, 5.74) is 8.87. The lowest BCUT2D eigenvalue weighted by atomic mass is 10.2. The summed E-state index contributed by atoms with van der Waals surface area (Å²) >= 11 is 32.9. The molecule has 47 heteroatoms. The molecule has 0 radical (unpaired) electrons. The maximum atomic E-state index is 11.3. The summed E-state index contributed by atoms with van der Waals surface area (Å²) in [4.78, 5) is 66.8. The second kappa shape index (κ2) is 78.2. The summed E-state index contributed by atoms with van der Waals surface area (Å²) in [7, 11) is 0. The highest BCUT2D eigenvalue weighted by Crippen LogP contribution is 2.48. The van der Waals surface area contributed by atoms with Crippen LogP contribution >= 0.6 is 132 Å². The fraction of sp³-hybridized carbons (Fsp3) is 0.245. The molecule has 0 bridgehead atoms. The number of halogens is 2. The summed E-state index contributed by atoms with van der Waals surface area (Å²) in [5, 5.41) is 18.7. The number of benzene rings is 10. The van der Waals surface area contributed by atoms with Crippen LogP contribution in [0.25, 0.3) is 0 Å². The van der Waals surface area contributed by atoms with Gasteiger partial charge in [-0.2, -0.15) is 35.4 Å². The first-order chi connectivity index (χ1) is 69.7. The Kier molecular flexibility index (Phi) is 69.6. The number of hydrogen-bond donors (Lipinski definition) is 10. The molecule has 36 nitrogen and oxygen atoms in total. The van der Waals surface area contributed by atoms with E-state index in [9.17, 15) is 14.4 Å². The molecular weight excluding hydrogens is 2090 g/mol. The van der Waals surface area contributed by atoms with Crippen LogP contribution in [0.5, 0.6) is 46.0 Å². The van der Waals surface area contributed by atoms with E-state index in [0.29, 0.717) is 116 Å². The van der Waals surface area contributed by atoms with Crippen LogP contribution in [0.3, 0.4) is 0 Å². The molecule has 0 aliphatic carbocycles. The lowest BCUT2D eigenvalue weighted by Gasteiger charge is -2.23. The van der Waals surface area contributed by atoms with Crippen LogP contribution in [0.4, 0.5) is 34.1 Å². The Hall–Kier alpha value is -10.1. The minimum atomic E-state index is 0. The monoisotopic (exact) mass is 2210 g/mol. The zero-order valence-electron chi connectivity index (χ0n) is 80.6. The fourth-order valence-corrected chi connectivity index (χ4v) is 16.5. The minimum Gasteiger partial charge on any atom is -0.467 e. The van der Waals surface area contributed by atoms with Gasteiger partial charge in [-0.1, -0.05) is 201 Å². The van der Waals surface area contributed by atoms with Gasteiger partial charge >= 0.3 is 0 Å². The highest BCUT2D eigenvalue weighted by Gasteiger charge is 2.26. The Morgan fingerprint density at radius 1 is 0.345 bits per heavy atom. The molecule has 22 N–H and O–H groups in total. The number of ether oxygens (including phenoxy) is 4. The van der Waals surface area contributed by atoms with Crippen molar-refractivity contribution < 1.29 is 115 Å². The molecule has 2 aliphatic rings. The zero-order valence-corrected chi connectivity index (χ0v) is 89.4. The largest absolute Gasteiger partial charge is 0.467 e. The number of nitrogens with zero attached hydrogens (tertiary/aromatic N) is 2. The SMILES string of the molecule is CC.CC.CC.CCCCNc1cc(C=O)cc(SOON)c1Oc1ccccc1.CCCCNc1cc(C=S)cc(SOON)c1Oc1ccccc1.NOOSc1cc(C=O)c(NCc2ccco2)cc1Cl.NOOSc1cc(C=O)cc(N2CCCC2)c1Oc1ccccc1.NOOSc1cc(C=S)c(NCc2ccco2)cc1Cl.NOOSc1cc(C=S)cc(N2CCCC2)c1Oc1ccccc1.O.O.O. The first-order valence-corrected chi connectivity index (χ1v) is 51.0. The van der Waals surface area contributed by atoms with Crippen molar-refractivity contribution >= 4 is 201 Å². The lowest BCUT2D eigenvalue weighted by molar-refractivity contribution is -0.195. The van der Waals surface area contributed by atoms with E-state index in [4.69, 9.17) is 140 Å². The van der Waals surface area contributed by atoms with E-state index in [1.165, 1.54) is 0 Å². The van der Waals surface area contributed by atoms with E-state index in [0.717, 1.165) is 243 Å². The zero-order chi connectivity index (χ0) is 103. The van der Waals surface area contributed by atoms with Crippen LogP contribution in [0.1, 0.15) is 166 Å². The fourth-order valence-electron chi connectivity index (χ4n) is 12.6. The number of nitrogens with one attached hydrogen (secondary N) is 4. The summed E-state index contributed by atoms with van der Waals surface area (Å²) < 4.78 is 63.1. The van der Waals surface area contributed by atoms with Crippen LogP contribution in [0.15, 0.2) is 269 Å². The predicted octanol–water partition coefficient (Wildman–Crippen LogP) is 24.7. The molecular formula is C98H122Cl2N12O24S9. The average molecular weight is 2210 g/mol. The van der Waals surface area contributed by atoms with Gasteiger partial charge in [0.25, 0.3) is 0 Å². The standard InChI is InChI=1S/C17H18N2O4S.C17H20N2O4S.C17H18N2O3S2.C17H20N2O3S2.C12H11ClN2O4S.C12H11ClN2O3S2.3C2H6.3H2O/c18-22-23-24-16-11-13(12-20)10-15(19-8-4-5-9-19)17(16)21-14-6-2-1-3-7-14;1-2-3-9-19-15-10-13(12-20)11-16(24-23-22-18)17(15)21-14-7-5-4-6-8-14;18-21-22-24-16-11-13(12-23)10-15(19-8-4-5-9-19)17(16)20-14-6-2-1-3-7-14;1-2-3-9-19-15-10-13(12-23)11-16(24-22-21-18)17(15)20-14-7-5-4-6-8-14;13-10-5-11(15-6-9-2-1-3-17-9)8(7-16)4-12(10)20-19-18-14;13-10-5-11(15-6-9-2-1-3-16-9)8(7-19)4-12(10)20-18-17-14;3*1-2;;;/h1-3,6-7,10-12H,4-5,8-9,18H2;4-8,10-12,19H,2-3,9,18H2,1H3;1-3,6-7,10-12H,4-5,8-9,18H2;4-8,10-12,19H,2-3,9,18H2,1H3;2*1-5,7,15H,6,14H2;3*1-2H3;3*1H2. The van der Waals surface area contributed by atoms with Gasteiger partial charge in [0, 0.05) is 89.0 Å². The Morgan fingerprint density at radius 2 is 0.641 bits per heavy atom. The quantitative estimate of drug-likeness (QED) is 0.00423. The number of rotatable bonds is 48. The Balaban J connectivity index is 0.000000441. The molecule has 10 aromatic carbocycles. The number of carbonyl (C=O) groups is 3. The lowest BCUT2D eigenvalue weighted by Crippen LogP contribution is -2.19. The molecule has 0 unspecified atom stereocenters. The predicted molar refractivity (Wildman–Crippen MR) is 589 cm³/mol. The highest BCUT2D eigenvalue weighted by molar-refractivity contribution is 7.95. The second-order valence-electron chi connectivity index (χ2n) is 27.9. The molecule has 12 aromatic rings. The number of nitrogens with two attached hydrogens (primary N) is 6. The van der Waals surface area contributed by atoms with Gasteiger partial charge in [0.05, 0.1) is 160 Å². The molecule has 0 atom stereocenters. The van der Waals surface area contributed by atoms with Crippen molar-refractivity contribution in [2.75, 3.05) is 70.3 Å². The Morgan fingerprint density at radius 3 is 0.952 bits per heavy atom. The van der Waals surface area contributed by atoms with Gasteiger partial charge in [-0.15, -0.1) is 55.9 Å². The molecule has 2 saturated heterocycles. The summed E-state index contributed by atoms with van der Waals surface area (Å²) in [6, 6.07) is 66.7. The van der Waals surface area contributed by atoms with Gasteiger partial charge in [0.2, 0.25) is 0 Å². The van der Waals surface area contributed by atoms with E-state index >= 15 is 0 Å². The smallest absolute Gasteiger partial charge is 0.166 e. The van der Waals surface area contributed by atoms with Crippen molar-refractivity contribution in [3.05, 3.63) is 286 Å². The first-order valence-electron chi connectivity index (χ1n) is 44.4. The summed E-state index contributed by atoms with van der Waals surface area (Å²) in [6.07, 6.45) is 14.2. The van der Waals surface area contributed by atoms with Crippen molar-refractivity contribution in [3.63, 3.8) is 0 Å². The second-order valence-corrected chi connectivity index (χ2v) is 33.9. The van der Waals surface area contributed by atoms with Crippen molar-refractivity contribution in [3.8, 4) is 46.0 Å². The maximum Gasteiger partial charge on any atom is 0.166 e. The Bertz CT molecular complexity index is 5280. The van der Waals surface area contributed by atoms with Crippen LogP contribution in [0.2, 0.25) is 10.0 Å². The third-order valence-electron chi connectivity index (χ3n) is 18.8. The van der Waals surface area contributed by atoms with Crippen LogP contribution in [-0.2, 0) is 69.0 Å². The normalized spacial score (nSPS) is 11.1. The number of carbonyl (C=O) groups excluding carboxylic acids is 3. The van der Waals surface area contributed by atoms with Gasteiger partial charge in [0.1, 0.15) is 47.1 Å². The molecule has 2 fully saturated rings.